The second-order valence-corrected chi connectivity index (χ2v) is 12.0. The van der Waals surface area contributed by atoms with Crippen molar-refractivity contribution in [3.05, 3.63) is 102 Å². The summed E-state index contributed by atoms with van der Waals surface area (Å²) in [5.41, 5.74) is 9.06. The highest BCUT2D eigenvalue weighted by atomic mass is 32.2. The van der Waals surface area contributed by atoms with Crippen molar-refractivity contribution in [3.63, 3.8) is 0 Å². The maximum atomic E-state index is 13.9. The average Bonchev–Trinajstić information content (AvgIpc) is 3.46. The Hall–Kier alpha value is -4.81. The van der Waals surface area contributed by atoms with Crippen LogP contribution in [-0.4, -0.2) is 75.1 Å². The van der Waals surface area contributed by atoms with Crippen LogP contribution in [-0.2, 0) is 38.4 Å². The number of nitrogens with two attached hydrogens (primary N) is 1. The van der Waals surface area contributed by atoms with Crippen LogP contribution >= 0.6 is 11.8 Å². The summed E-state index contributed by atoms with van der Waals surface area (Å²) in [6, 6.07) is 18.3. The highest BCUT2D eigenvalue weighted by Gasteiger charge is 2.31. The van der Waals surface area contributed by atoms with Crippen LogP contribution in [0.5, 0.6) is 5.75 Å². The van der Waals surface area contributed by atoms with Gasteiger partial charge in [-0.05, 0) is 53.3 Å². The van der Waals surface area contributed by atoms with Crippen LogP contribution in [0.4, 0.5) is 0 Å². The molecule has 0 saturated heterocycles. The fraction of sp³-hybridized carbons (Fsp3) is 0.294. The Kier molecular flexibility index (Phi) is 12.2. The van der Waals surface area contributed by atoms with Gasteiger partial charge >= 0.3 is 5.97 Å². The average molecular weight is 646 g/mol. The third-order valence-electron chi connectivity index (χ3n) is 7.61. The fourth-order valence-corrected chi connectivity index (χ4v) is 5.55. The number of hydrogen-bond acceptors (Lipinski definition) is 7. The quantitative estimate of drug-likeness (QED) is 0.0969. The molecule has 1 heterocycles. The van der Waals surface area contributed by atoms with E-state index in [0.717, 1.165) is 22.0 Å². The van der Waals surface area contributed by atoms with Gasteiger partial charge in [0.25, 0.3) is 0 Å². The van der Waals surface area contributed by atoms with Crippen molar-refractivity contribution < 1.29 is 29.4 Å². The zero-order chi connectivity index (χ0) is 33.1. The molecule has 3 aromatic carbocycles. The number of carbonyl (C=O) groups is 4. The molecule has 0 aliphatic rings. The summed E-state index contributed by atoms with van der Waals surface area (Å²) in [6.07, 6.45) is 4.23. The Morgan fingerprint density at radius 3 is 2.00 bits per heavy atom. The monoisotopic (exact) mass is 645 g/mol. The van der Waals surface area contributed by atoms with E-state index in [4.69, 9.17) is 5.73 Å². The van der Waals surface area contributed by atoms with Gasteiger partial charge in [-0.1, -0.05) is 60.7 Å². The number of rotatable bonds is 16. The van der Waals surface area contributed by atoms with Crippen LogP contribution in [0.3, 0.4) is 0 Å². The summed E-state index contributed by atoms with van der Waals surface area (Å²) >= 11 is 1.56. The molecule has 4 unspecified atom stereocenters. The molecule has 0 saturated carbocycles. The van der Waals surface area contributed by atoms with Crippen molar-refractivity contribution in [1.29, 1.82) is 0 Å². The van der Waals surface area contributed by atoms with E-state index in [1.54, 1.807) is 30.1 Å². The smallest absolute Gasteiger partial charge is 0.326 e. The number of para-hydroxylation sites is 1. The van der Waals surface area contributed by atoms with Gasteiger partial charge in [0.05, 0.1) is 6.04 Å². The van der Waals surface area contributed by atoms with E-state index in [-0.39, 0.29) is 25.0 Å². The number of aromatic amines is 1. The summed E-state index contributed by atoms with van der Waals surface area (Å²) in [6.45, 7) is 0. The Morgan fingerprint density at radius 1 is 0.761 bits per heavy atom. The largest absolute Gasteiger partial charge is 0.508 e. The van der Waals surface area contributed by atoms with Crippen molar-refractivity contribution >= 4 is 46.4 Å². The zero-order valence-electron chi connectivity index (χ0n) is 25.4. The van der Waals surface area contributed by atoms with E-state index in [1.165, 1.54) is 12.1 Å². The number of fused-ring (bicyclic) bond motifs is 1. The third-order valence-corrected chi connectivity index (χ3v) is 8.25. The number of thioether (sulfide) groups is 1. The van der Waals surface area contributed by atoms with Gasteiger partial charge in [-0.15, -0.1) is 0 Å². The molecule has 0 aliphatic carbocycles. The van der Waals surface area contributed by atoms with Crippen LogP contribution in [0.2, 0.25) is 0 Å². The second-order valence-electron chi connectivity index (χ2n) is 11.0. The summed E-state index contributed by atoms with van der Waals surface area (Å²) < 4.78 is 0. The van der Waals surface area contributed by atoms with Crippen LogP contribution in [0, 0.1) is 0 Å². The summed E-state index contributed by atoms with van der Waals surface area (Å²) in [7, 11) is 0. The van der Waals surface area contributed by atoms with Gasteiger partial charge < -0.3 is 36.9 Å². The van der Waals surface area contributed by atoms with E-state index < -0.39 is 47.9 Å². The van der Waals surface area contributed by atoms with Crippen LogP contribution in [0.15, 0.2) is 85.1 Å². The lowest BCUT2D eigenvalue weighted by molar-refractivity contribution is -0.142. The molecule has 3 amide bonds. The molecule has 1 aromatic heterocycles. The van der Waals surface area contributed by atoms with E-state index in [9.17, 15) is 29.4 Å². The molecular formula is C34H39N5O6S. The first kappa shape index (κ1) is 34.1. The van der Waals surface area contributed by atoms with Gasteiger partial charge in [0.1, 0.15) is 23.9 Å². The highest BCUT2D eigenvalue weighted by molar-refractivity contribution is 7.98. The van der Waals surface area contributed by atoms with Gasteiger partial charge in [0.2, 0.25) is 17.7 Å². The number of carbonyl (C=O) groups excluding carboxylic acids is 3. The predicted octanol–water partition coefficient (Wildman–Crippen LogP) is 2.52. The molecular weight excluding hydrogens is 606 g/mol. The van der Waals surface area contributed by atoms with Crippen molar-refractivity contribution in [1.82, 2.24) is 20.9 Å². The first-order valence-electron chi connectivity index (χ1n) is 14.9. The van der Waals surface area contributed by atoms with E-state index in [2.05, 4.69) is 20.9 Å². The van der Waals surface area contributed by atoms with E-state index >= 15 is 0 Å². The first-order chi connectivity index (χ1) is 22.1. The molecule has 4 aromatic rings. The van der Waals surface area contributed by atoms with Gasteiger partial charge in [-0.25, -0.2) is 4.79 Å². The maximum Gasteiger partial charge on any atom is 0.326 e. The van der Waals surface area contributed by atoms with Crippen molar-refractivity contribution in [2.75, 3.05) is 12.0 Å². The number of phenols is 1. The Labute approximate surface area is 271 Å². The molecule has 0 fully saturated rings. The lowest BCUT2D eigenvalue weighted by atomic mass is 10.0. The van der Waals surface area contributed by atoms with E-state index in [0.29, 0.717) is 17.7 Å². The number of phenolic OH excluding ortho intramolecular Hbond substituents is 1. The standard InChI is InChI=1S/C34H39N5O6S/c1-46-16-15-26(35)31(41)37-28(17-21-7-3-2-4-8-21)32(42)38-29(19-23-20-36-27-10-6-5-9-25(23)27)33(43)39-30(34(44)45)18-22-11-13-24(40)14-12-22/h2-14,20,26,28-30,36,40H,15-19,35H2,1H3,(H,37,41)(H,38,42)(H,39,43)(H,44,45). The van der Waals surface area contributed by atoms with Crippen molar-refractivity contribution in [2.24, 2.45) is 5.73 Å². The number of benzene rings is 3. The Morgan fingerprint density at radius 2 is 1.33 bits per heavy atom. The summed E-state index contributed by atoms with van der Waals surface area (Å²) in [4.78, 5) is 56.0. The number of carboxylic acid groups (broad SMARTS) is 1. The normalized spacial score (nSPS) is 13.7. The second kappa shape index (κ2) is 16.5. The van der Waals surface area contributed by atoms with Gasteiger partial charge in [-0.3, -0.25) is 14.4 Å². The number of aliphatic carboxylic acids is 1. The summed E-state index contributed by atoms with van der Waals surface area (Å²) in [5, 5.41) is 28.5. The lowest BCUT2D eigenvalue weighted by Gasteiger charge is -2.25. The van der Waals surface area contributed by atoms with Crippen LogP contribution < -0.4 is 21.7 Å². The molecule has 46 heavy (non-hydrogen) atoms. The number of hydrogen-bond donors (Lipinski definition) is 7. The molecule has 0 bridgehead atoms. The number of carboxylic acids is 1. The molecule has 11 nitrogen and oxygen atoms in total. The third kappa shape index (κ3) is 9.59. The minimum absolute atomic E-state index is 0.0310. The Balaban J connectivity index is 1.59. The number of aromatic hydroxyl groups is 1. The molecule has 242 valence electrons. The molecule has 4 atom stereocenters. The van der Waals surface area contributed by atoms with Crippen molar-refractivity contribution in [2.45, 2.75) is 49.9 Å². The molecule has 8 N–H and O–H groups in total. The molecule has 0 spiro atoms. The minimum atomic E-state index is -1.31. The number of H-pyrrole nitrogens is 1. The van der Waals surface area contributed by atoms with E-state index in [1.807, 2.05) is 60.9 Å². The molecule has 0 aliphatic heterocycles. The van der Waals surface area contributed by atoms with Gasteiger partial charge in [0, 0.05) is 36.4 Å². The van der Waals surface area contributed by atoms with Crippen LogP contribution in [0.1, 0.15) is 23.1 Å². The van der Waals surface area contributed by atoms with Gasteiger partial charge in [-0.2, -0.15) is 11.8 Å². The topological polar surface area (TPSA) is 187 Å². The number of aromatic nitrogens is 1. The highest BCUT2D eigenvalue weighted by Crippen LogP contribution is 2.20. The zero-order valence-corrected chi connectivity index (χ0v) is 26.3. The SMILES string of the molecule is CSCCC(N)C(=O)NC(Cc1ccccc1)C(=O)NC(Cc1c[nH]c2ccccc12)C(=O)NC(Cc1ccc(O)cc1)C(=O)O. The fourth-order valence-electron chi connectivity index (χ4n) is 5.06. The lowest BCUT2D eigenvalue weighted by Crippen LogP contribution is -2.58. The first-order valence-corrected chi connectivity index (χ1v) is 16.3. The molecule has 12 heteroatoms. The van der Waals surface area contributed by atoms with Crippen LogP contribution in [0.25, 0.3) is 10.9 Å². The van der Waals surface area contributed by atoms with Crippen molar-refractivity contribution in [3.8, 4) is 5.75 Å². The molecule has 4 rings (SSSR count). The minimum Gasteiger partial charge on any atom is -0.508 e. The number of amides is 3. The van der Waals surface area contributed by atoms with Gasteiger partial charge in [0.15, 0.2) is 0 Å². The predicted molar refractivity (Wildman–Crippen MR) is 178 cm³/mol. The summed E-state index contributed by atoms with van der Waals surface area (Å²) in [5.74, 6) is -2.35. The Bertz CT molecular complexity index is 1630. The number of nitrogens with one attached hydrogen (secondary N) is 4. The molecule has 0 radical (unpaired) electrons. The maximum absolute atomic E-state index is 13.9.